The van der Waals surface area contributed by atoms with Crippen LogP contribution in [0.1, 0.15) is 35.2 Å². The van der Waals surface area contributed by atoms with Gasteiger partial charge >= 0.3 is 17.9 Å². The number of aliphatic carboxylic acids is 3. The van der Waals surface area contributed by atoms with E-state index in [0.29, 0.717) is 27.1 Å². The molecule has 1 aromatic heterocycles. The molecule has 1 unspecified atom stereocenters. The second-order valence-corrected chi connectivity index (χ2v) is 10.3. The van der Waals surface area contributed by atoms with Gasteiger partial charge in [-0.05, 0) is 48.7 Å². The number of ether oxygens (including phenoxy) is 1. The number of nitrogens with one attached hydrogen (secondary N) is 1. The van der Waals surface area contributed by atoms with E-state index in [1.165, 1.54) is 13.2 Å². The maximum absolute atomic E-state index is 15.2. The molecule has 1 amide bonds. The number of aromatic nitrogens is 2. The average molecular weight is 630 g/mol. The van der Waals surface area contributed by atoms with Crippen molar-refractivity contribution in [3.63, 3.8) is 0 Å². The number of amides is 1. The zero-order valence-corrected chi connectivity index (χ0v) is 24.5. The number of Topliss-reactive ketones (excluding diaryl/α,β-unsaturated/α-hetero) is 1. The molecule has 3 rings (SSSR count). The van der Waals surface area contributed by atoms with Crippen LogP contribution in [0.3, 0.4) is 0 Å². The van der Waals surface area contributed by atoms with E-state index in [0.717, 1.165) is 19.2 Å². The lowest BCUT2D eigenvalue weighted by Crippen LogP contribution is -2.48. The highest BCUT2D eigenvalue weighted by Gasteiger charge is 2.38. The number of methoxy groups -OCH3 is 1. The Balaban J connectivity index is 1.78. The second kappa shape index (κ2) is 14.4. The van der Waals surface area contributed by atoms with Crippen LogP contribution in [0.4, 0.5) is 10.1 Å². The fourth-order valence-electron chi connectivity index (χ4n) is 4.64. The summed E-state index contributed by atoms with van der Waals surface area (Å²) in [6.07, 6.45) is -1.77. The number of nitrogens with two attached hydrogens (primary N) is 1. The van der Waals surface area contributed by atoms with Gasteiger partial charge in [0.05, 0.1) is 29.6 Å². The van der Waals surface area contributed by atoms with Gasteiger partial charge in [-0.2, -0.15) is 4.98 Å². The molecular formula is C29H32FN5O10. The topological polar surface area (TPSA) is 234 Å². The van der Waals surface area contributed by atoms with Crippen LogP contribution in [0.2, 0.25) is 0 Å². The number of carbonyl (C=O) groups excluding carboxylic acids is 2. The third-order valence-corrected chi connectivity index (χ3v) is 7.19. The van der Waals surface area contributed by atoms with Gasteiger partial charge in [0.25, 0.3) is 17.5 Å². The van der Waals surface area contributed by atoms with E-state index in [4.69, 9.17) is 15.6 Å². The van der Waals surface area contributed by atoms with Gasteiger partial charge in [0.2, 0.25) is 0 Å². The molecule has 45 heavy (non-hydrogen) atoms. The molecule has 0 spiro atoms. The normalized spacial score (nSPS) is 13.0. The zero-order chi connectivity index (χ0) is 33.6. The number of nitrogens with zero attached hydrogens (tertiary/aromatic N) is 3. The number of halogens is 1. The minimum atomic E-state index is -1.96. The number of hydrogen-bond donors (Lipinski definition) is 5. The number of benzene rings is 2. The Kier molecular flexibility index (Phi) is 10.9. The van der Waals surface area contributed by atoms with Gasteiger partial charge < -0.3 is 35.6 Å². The lowest BCUT2D eigenvalue weighted by Gasteiger charge is -2.28. The van der Waals surface area contributed by atoms with E-state index in [2.05, 4.69) is 9.97 Å². The quantitative estimate of drug-likeness (QED) is 0.148. The summed E-state index contributed by atoms with van der Waals surface area (Å²) in [5.41, 5.74) is 6.19. The summed E-state index contributed by atoms with van der Waals surface area (Å²) in [6, 6.07) is 5.33. The molecule has 0 aliphatic rings. The fraction of sp³-hybridized carbons (Fsp3) is 0.345. The number of fused-ring (bicyclic) bond motifs is 1. The largest absolute Gasteiger partial charge is 0.481 e. The van der Waals surface area contributed by atoms with Crippen molar-refractivity contribution in [2.75, 3.05) is 26.1 Å². The highest BCUT2D eigenvalue weighted by atomic mass is 19.1. The Hall–Kier alpha value is -5.38. The Labute approximate surface area is 255 Å². The summed E-state index contributed by atoms with van der Waals surface area (Å²) < 4.78 is 20.2. The van der Waals surface area contributed by atoms with Gasteiger partial charge in [-0.1, -0.05) is 6.07 Å². The van der Waals surface area contributed by atoms with Gasteiger partial charge in [-0.15, -0.1) is 0 Å². The van der Waals surface area contributed by atoms with E-state index in [1.54, 1.807) is 30.1 Å². The van der Waals surface area contributed by atoms with Gasteiger partial charge in [0.1, 0.15) is 17.8 Å². The van der Waals surface area contributed by atoms with Crippen LogP contribution < -0.4 is 20.9 Å². The smallest absolute Gasteiger partial charge is 0.326 e. The van der Waals surface area contributed by atoms with Crippen LogP contribution in [-0.2, 0) is 25.7 Å². The number of H-pyrrole nitrogens is 1. The Morgan fingerprint density at radius 1 is 1.04 bits per heavy atom. The summed E-state index contributed by atoms with van der Waals surface area (Å²) >= 11 is 0. The maximum atomic E-state index is 15.2. The number of carbonyl (C=O) groups is 5. The summed E-state index contributed by atoms with van der Waals surface area (Å²) in [5.74, 6) is -9.75. The van der Waals surface area contributed by atoms with Crippen molar-refractivity contribution in [3.8, 4) is 6.01 Å². The van der Waals surface area contributed by atoms with E-state index in [-0.39, 0.29) is 19.0 Å². The number of ketones is 1. The highest BCUT2D eigenvalue weighted by molar-refractivity contribution is 6.02. The first-order chi connectivity index (χ1) is 21.1. The molecule has 0 aliphatic heterocycles. The number of hydrogen-bond acceptors (Lipinski definition) is 10. The Morgan fingerprint density at radius 2 is 1.73 bits per heavy atom. The van der Waals surface area contributed by atoms with Gasteiger partial charge in [-0.3, -0.25) is 29.0 Å². The minimum Gasteiger partial charge on any atom is -0.481 e. The van der Waals surface area contributed by atoms with Crippen molar-refractivity contribution in [1.82, 2.24) is 14.9 Å². The second-order valence-electron chi connectivity index (χ2n) is 10.3. The molecule has 0 bridgehead atoms. The number of likely N-dealkylation sites (N-methyl/N-ethyl adjacent to an activating group) is 1. The van der Waals surface area contributed by atoms with Gasteiger partial charge in [0.15, 0.2) is 5.78 Å². The summed E-state index contributed by atoms with van der Waals surface area (Å²) in [5, 5.41) is 28.5. The number of aromatic amines is 1. The molecule has 6 N–H and O–H groups in total. The molecule has 15 nitrogen and oxygen atoms in total. The molecule has 0 saturated carbocycles. The first kappa shape index (κ1) is 34.1. The lowest BCUT2D eigenvalue weighted by molar-refractivity contribution is -0.149. The lowest BCUT2D eigenvalue weighted by atomic mass is 9.89. The van der Waals surface area contributed by atoms with E-state index < -0.39 is 77.4 Å². The number of carboxylic acid groups (broad SMARTS) is 3. The van der Waals surface area contributed by atoms with Crippen molar-refractivity contribution >= 4 is 46.2 Å². The molecule has 1 heterocycles. The van der Waals surface area contributed by atoms with Crippen molar-refractivity contribution < 1.29 is 48.4 Å². The standard InChI is InChI=1S/C29H32FN5O10/c1-34(13-14-4-8-21-17(10-14)25(39)33-29(32-21)45-3)15-5-6-16(19(30)11-15)26(40)35(2)22(28(43)44)12-18(27(41)42)24(38)20(31)7-9-23(36)37/h4-6,8,10-11,18,20,22H,7,9,12-13,31H2,1-3H3,(H,36,37)(H,41,42)(H,43,44)(H,32,33,39)/t18?,20-,22-/m0/s1. The molecular weight excluding hydrogens is 597 g/mol. The molecule has 0 aliphatic carbocycles. The fourth-order valence-corrected chi connectivity index (χ4v) is 4.64. The Morgan fingerprint density at radius 3 is 2.31 bits per heavy atom. The Bertz CT molecular complexity index is 1690. The first-order valence-electron chi connectivity index (χ1n) is 13.5. The third kappa shape index (κ3) is 8.17. The number of carboxylic acids is 3. The molecule has 16 heteroatoms. The predicted molar refractivity (Wildman–Crippen MR) is 157 cm³/mol. The third-order valence-electron chi connectivity index (χ3n) is 7.19. The van der Waals surface area contributed by atoms with E-state index >= 15 is 4.39 Å². The van der Waals surface area contributed by atoms with E-state index in [1.807, 2.05) is 0 Å². The average Bonchev–Trinajstić information content (AvgIpc) is 2.98. The van der Waals surface area contributed by atoms with Gasteiger partial charge in [-0.25, -0.2) is 9.18 Å². The maximum Gasteiger partial charge on any atom is 0.326 e. The molecule has 3 aromatic rings. The summed E-state index contributed by atoms with van der Waals surface area (Å²) in [4.78, 5) is 81.7. The monoisotopic (exact) mass is 629 g/mol. The first-order valence-corrected chi connectivity index (χ1v) is 13.5. The summed E-state index contributed by atoms with van der Waals surface area (Å²) in [7, 11) is 4.05. The number of anilines is 1. The molecule has 3 atom stereocenters. The van der Waals surface area contributed by atoms with Crippen LogP contribution in [0, 0.1) is 11.7 Å². The van der Waals surface area contributed by atoms with Crippen LogP contribution in [-0.4, -0.2) is 93.1 Å². The van der Waals surface area contributed by atoms with E-state index in [9.17, 15) is 39.0 Å². The minimum absolute atomic E-state index is 0.0650. The van der Waals surface area contributed by atoms with Crippen LogP contribution in [0.5, 0.6) is 6.01 Å². The van der Waals surface area contributed by atoms with Crippen LogP contribution >= 0.6 is 0 Å². The molecule has 0 fully saturated rings. The van der Waals surface area contributed by atoms with Crippen molar-refractivity contribution in [2.45, 2.75) is 37.9 Å². The zero-order valence-electron chi connectivity index (χ0n) is 24.5. The SMILES string of the molecule is COc1nc2ccc(CN(C)c3ccc(C(=O)N(C)[C@@H](CC(C(=O)O)C(=O)[C@@H](N)CCC(=O)O)C(=O)O)c(F)c3)cc2c(=O)[nH]1. The van der Waals surface area contributed by atoms with Crippen molar-refractivity contribution in [1.29, 1.82) is 0 Å². The van der Waals surface area contributed by atoms with Crippen molar-refractivity contribution in [2.24, 2.45) is 11.7 Å². The predicted octanol–water partition coefficient (Wildman–Crippen LogP) is 1.08. The van der Waals surface area contributed by atoms with Crippen LogP contribution in [0.15, 0.2) is 41.2 Å². The molecule has 0 saturated heterocycles. The van der Waals surface area contributed by atoms with Crippen LogP contribution in [0.25, 0.3) is 10.9 Å². The molecule has 240 valence electrons. The van der Waals surface area contributed by atoms with Crippen molar-refractivity contribution in [3.05, 3.63) is 63.7 Å². The molecule has 2 aromatic carbocycles. The van der Waals surface area contributed by atoms with Gasteiger partial charge in [0, 0.05) is 32.7 Å². The molecule has 0 radical (unpaired) electrons. The highest BCUT2D eigenvalue weighted by Crippen LogP contribution is 2.24. The summed E-state index contributed by atoms with van der Waals surface area (Å²) in [6.45, 7) is 0.230. The number of rotatable bonds is 15.